The number of amides is 1. The lowest BCUT2D eigenvalue weighted by Gasteiger charge is -2.38. The average Bonchev–Trinajstić information content (AvgIpc) is 3.27. The van der Waals surface area contributed by atoms with Crippen LogP contribution >= 0.6 is 11.3 Å². The minimum absolute atomic E-state index is 0.167. The number of carbonyl (C=O) groups excluding carboxylic acids is 1. The fraction of sp³-hybridized carbons (Fsp3) is 0.280. The van der Waals surface area contributed by atoms with E-state index in [1.165, 1.54) is 36.7 Å². The van der Waals surface area contributed by atoms with Gasteiger partial charge in [-0.2, -0.15) is 0 Å². The normalized spacial score (nSPS) is 15.2. The molecule has 180 valence electrons. The summed E-state index contributed by atoms with van der Waals surface area (Å²) in [5.41, 5.74) is 1.78. The van der Waals surface area contributed by atoms with Crippen LogP contribution in [0.4, 0.5) is 15.3 Å². The number of halogens is 1. The SMILES string of the molecule is CC(=O)Nc1nc2c(Oc3cc(N4CCN([C@H](C)c5ccc(F)cc5)CC4)ncn3)cccc2s1. The number of hydrogen-bond acceptors (Lipinski definition) is 8. The van der Waals surface area contributed by atoms with E-state index in [4.69, 9.17) is 4.74 Å². The van der Waals surface area contributed by atoms with Gasteiger partial charge in [-0.05, 0) is 36.8 Å². The number of ether oxygens (including phenoxy) is 1. The van der Waals surface area contributed by atoms with Gasteiger partial charge in [0.25, 0.3) is 0 Å². The highest BCUT2D eigenvalue weighted by Crippen LogP contribution is 2.34. The molecule has 1 atom stereocenters. The number of benzene rings is 2. The summed E-state index contributed by atoms with van der Waals surface area (Å²) in [6.45, 7) is 6.95. The number of aromatic nitrogens is 3. The Balaban J connectivity index is 1.27. The number of rotatable bonds is 6. The molecule has 2 aromatic heterocycles. The van der Waals surface area contributed by atoms with Crippen molar-refractivity contribution in [3.63, 3.8) is 0 Å². The molecule has 0 bridgehead atoms. The molecule has 1 amide bonds. The summed E-state index contributed by atoms with van der Waals surface area (Å²) in [7, 11) is 0. The van der Waals surface area contributed by atoms with Gasteiger partial charge in [-0.25, -0.2) is 19.3 Å². The molecule has 3 heterocycles. The van der Waals surface area contributed by atoms with Gasteiger partial charge in [-0.15, -0.1) is 0 Å². The van der Waals surface area contributed by atoms with E-state index in [-0.39, 0.29) is 17.8 Å². The molecule has 1 fully saturated rings. The first-order valence-electron chi connectivity index (χ1n) is 11.4. The Morgan fingerprint density at radius 3 is 2.63 bits per heavy atom. The second-order valence-corrected chi connectivity index (χ2v) is 9.40. The second kappa shape index (κ2) is 9.93. The number of carbonyl (C=O) groups is 1. The van der Waals surface area contributed by atoms with E-state index >= 15 is 0 Å². The quantitative estimate of drug-likeness (QED) is 0.412. The lowest BCUT2D eigenvalue weighted by Crippen LogP contribution is -2.47. The van der Waals surface area contributed by atoms with Gasteiger partial charge in [0, 0.05) is 45.2 Å². The van der Waals surface area contributed by atoms with Crippen molar-refractivity contribution in [2.45, 2.75) is 19.9 Å². The molecular weight excluding hydrogens is 467 g/mol. The maximum atomic E-state index is 13.3. The standard InChI is InChI=1S/C25H25FN6O2S/c1-16(18-6-8-19(26)9-7-18)31-10-12-32(13-11-31)22-14-23(28-15-27-22)34-20-4-3-5-21-24(20)30-25(35-21)29-17(2)33/h3-9,14-16H,10-13H2,1-2H3,(H,29,30,33)/t16-/m1/s1. The first-order valence-corrected chi connectivity index (χ1v) is 12.2. The van der Waals surface area contributed by atoms with Crippen molar-refractivity contribution in [2.24, 2.45) is 0 Å². The van der Waals surface area contributed by atoms with Crippen LogP contribution in [0.2, 0.25) is 0 Å². The van der Waals surface area contributed by atoms with Gasteiger partial charge < -0.3 is 15.0 Å². The molecule has 0 saturated carbocycles. The van der Waals surface area contributed by atoms with Crippen LogP contribution in [0.3, 0.4) is 0 Å². The van der Waals surface area contributed by atoms with Crippen molar-refractivity contribution in [3.05, 3.63) is 66.2 Å². The number of anilines is 2. The van der Waals surface area contributed by atoms with Gasteiger partial charge >= 0.3 is 0 Å². The van der Waals surface area contributed by atoms with E-state index in [2.05, 4.69) is 37.0 Å². The number of nitrogens with one attached hydrogen (secondary N) is 1. The fourth-order valence-corrected chi connectivity index (χ4v) is 5.10. The summed E-state index contributed by atoms with van der Waals surface area (Å²) in [5.74, 6) is 1.41. The Morgan fingerprint density at radius 1 is 1.11 bits per heavy atom. The molecular formula is C25H25FN6O2S. The molecule has 1 aliphatic heterocycles. The maximum Gasteiger partial charge on any atom is 0.224 e. The third-order valence-electron chi connectivity index (χ3n) is 6.05. The molecule has 35 heavy (non-hydrogen) atoms. The van der Waals surface area contributed by atoms with E-state index in [0.29, 0.717) is 22.3 Å². The molecule has 5 rings (SSSR count). The van der Waals surface area contributed by atoms with Crippen LogP contribution in [0, 0.1) is 5.82 Å². The van der Waals surface area contributed by atoms with Crippen LogP contribution in [0.1, 0.15) is 25.5 Å². The molecule has 2 aromatic carbocycles. The van der Waals surface area contributed by atoms with Gasteiger partial charge in [0.2, 0.25) is 11.8 Å². The van der Waals surface area contributed by atoms with Gasteiger partial charge in [-0.1, -0.05) is 29.5 Å². The molecule has 1 aliphatic rings. The Morgan fingerprint density at radius 2 is 1.89 bits per heavy atom. The summed E-state index contributed by atoms with van der Waals surface area (Å²) < 4.78 is 20.3. The molecule has 10 heteroatoms. The van der Waals surface area contributed by atoms with Crippen molar-refractivity contribution >= 4 is 38.4 Å². The van der Waals surface area contributed by atoms with E-state index < -0.39 is 0 Å². The number of fused-ring (bicyclic) bond motifs is 1. The highest BCUT2D eigenvalue weighted by molar-refractivity contribution is 7.22. The topological polar surface area (TPSA) is 83.5 Å². The summed E-state index contributed by atoms with van der Waals surface area (Å²) in [6.07, 6.45) is 1.50. The van der Waals surface area contributed by atoms with Gasteiger partial charge in [0.15, 0.2) is 10.9 Å². The maximum absolute atomic E-state index is 13.3. The monoisotopic (exact) mass is 492 g/mol. The van der Waals surface area contributed by atoms with Crippen molar-refractivity contribution in [1.82, 2.24) is 19.9 Å². The Bertz CT molecular complexity index is 1340. The van der Waals surface area contributed by atoms with Gasteiger partial charge in [-0.3, -0.25) is 9.69 Å². The molecule has 0 radical (unpaired) electrons. The first kappa shape index (κ1) is 23.1. The van der Waals surface area contributed by atoms with Crippen molar-refractivity contribution < 1.29 is 13.9 Å². The number of nitrogens with zero attached hydrogens (tertiary/aromatic N) is 5. The highest BCUT2D eigenvalue weighted by atomic mass is 32.1. The van der Waals surface area contributed by atoms with Gasteiger partial charge in [0.1, 0.15) is 23.5 Å². The third kappa shape index (κ3) is 5.23. The van der Waals surface area contributed by atoms with Crippen molar-refractivity contribution in [2.75, 3.05) is 36.4 Å². The largest absolute Gasteiger partial charge is 0.437 e. The molecule has 0 unspecified atom stereocenters. The van der Waals surface area contributed by atoms with Gasteiger partial charge in [0.05, 0.1) is 4.70 Å². The van der Waals surface area contributed by atoms with Crippen LogP contribution < -0.4 is 15.0 Å². The number of hydrogen-bond donors (Lipinski definition) is 1. The smallest absolute Gasteiger partial charge is 0.224 e. The number of para-hydroxylation sites is 1. The highest BCUT2D eigenvalue weighted by Gasteiger charge is 2.23. The Kier molecular flexibility index (Phi) is 6.56. The van der Waals surface area contributed by atoms with Crippen molar-refractivity contribution in [1.29, 1.82) is 0 Å². The van der Waals surface area contributed by atoms with Crippen LogP contribution in [0.5, 0.6) is 11.6 Å². The zero-order valence-corrected chi connectivity index (χ0v) is 20.3. The zero-order chi connectivity index (χ0) is 24.4. The summed E-state index contributed by atoms with van der Waals surface area (Å²) >= 11 is 1.39. The van der Waals surface area contributed by atoms with E-state index in [1.807, 2.05) is 36.4 Å². The first-order chi connectivity index (χ1) is 17.0. The van der Waals surface area contributed by atoms with E-state index in [1.54, 1.807) is 0 Å². The lowest BCUT2D eigenvalue weighted by atomic mass is 10.1. The summed E-state index contributed by atoms with van der Waals surface area (Å²) in [4.78, 5) is 29.2. The minimum atomic E-state index is -0.216. The second-order valence-electron chi connectivity index (χ2n) is 8.37. The van der Waals surface area contributed by atoms with E-state index in [0.717, 1.165) is 42.3 Å². The predicted octanol–water partition coefficient (Wildman–Crippen LogP) is 4.86. The Labute approximate surface area is 206 Å². The summed E-state index contributed by atoms with van der Waals surface area (Å²) in [6, 6.07) is 14.4. The molecule has 4 aromatic rings. The molecule has 0 aliphatic carbocycles. The van der Waals surface area contributed by atoms with Crippen LogP contribution in [0.25, 0.3) is 10.2 Å². The lowest BCUT2D eigenvalue weighted by molar-refractivity contribution is -0.114. The van der Waals surface area contributed by atoms with Crippen LogP contribution in [-0.2, 0) is 4.79 Å². The third-order valence-corrected chi connectivity index (χ3v) is 6.98. The minimum Gasteiger partial charge on any atom is -0.437 e. The predicted molar refractivity (Wildman–Crippen MR) is 135 cm³/mol. The molecule has 8 nitrogen and oxygen atoms in total. The summed E-state index contributed by atoms with van der Waals surface area (Å²) in [5, 5.41) is 3.25. The fourth-order valence-electron chi connectivity index (χ4n) is 4.17. The number of thiazole rings is 1. The molecule has 0 spiro atoms. The van der Waals surface area contributed by atoms with Crippen LogP contribution in [0.15, 0.2) is 54.9 Å². The van der Waals surface area contributed by atoms with Crippen LogP contribution in [-0.4, -0.2) is 51.9 Å². The van der Waals surface area contributed by atoms with E-state index in [9.17, 15) is 9.18 Å². The zero-order valence-electron chi connectivity index (χ0n) is 19.4. The van der Waals surface area contributed by atoms with Crippen molar-refractivity contribution in [3.8, 4) is 11.6 Å². The average molecular weight is 493 g/mol. The Hall–Kier alpha value is -3.63. The molecule has 1 saturated heterocycles. The molecule has 1 N–H and O–H groups in total. The number of piperazine rings is 1.